The monoisotopic (exact) mass is 181 g/mol. The number of nitrogens with zero attached hydrogens (tertiary/aromatic N) is 1. The van der Waals surface area contributed by atoms with Gasteiger partial charge < -0.3 is 5.32 Å². The molecule has 68 valence electrons. The van der Waals surface area contributed by atoms with Crippen molar-refractivity contribution >= 4 is 11.7 Å². The summed E-state index contributed by atoms with van der Waals surface area (Å²) in [5, 5.41) is 11.2. The van der Waals surface area contributed by atoms with Gasteiger partial charge in [-0.1, -0.05) is 23.6 Å². The zero-order valence-electron chi connectivity index (χ0n) is 6.56. The Kier molecular flexibility index (Phi) is 2.80. The van der Waals surface area contributed by atoms with E-state index in [2.05, 4.69) is 5.32 Å². The number of nitrogens with one attached hydrogen (secondary N) is 2. The minimum absolute atomic E-state index is 0.502. The molecule has 1 aromatic rings. The molecule has 1 rings (SSSR count). The predicted molar refractivity (Wildman–Crippen MR) is 45.6 cm³/mol. The summed E-state index contributed by atoms with van der Waals surface area (Å²) in [5.74, 6) is 0. The highest BCUT2D eigenvalue weighted by Crippen LogP contribution is 2.03. The zero-order valence-corrected chi connectivity index (χ0v) is 6.56. The Morgan fingerprint density at radius 3 is 2.46 bits per heavy atom. The van der Waals surface area contributed by atoms with Crippen LogP contribution in [0.1, 0.15) is 0 Å². The number of benzene rings is 1. The topological polar surface area (TPSA) is 84.3 Å². The van der Waals surface area contributed by atoms with Crippen LogP contribution in [0.4, 0.5) is 10.5 Å². The van der Waals surface area contributed by atoms with E-state index in [1.54, 1.807) is 30.3 Å². The fourth-order valence-corrected chi connectivity index (χ4v) is 0.763. The third kappa shape index (κ3) is 3.19. The molecule has 13 heavy (non-hydrogen) atoms. The first-order valence-electron chi connectivity index (χ1n) is 3.45. The Bertz CT molecular complexity index is 312. The second-order valence-electron chi connectivity index (χ2n) is 2.19. The van der Waals surface area contributed by atoms with E-state index in [0.717, 1.165) is 0 Å². The number of hydrogen-bond donors (Lipinski definition) is 2. The van der Waals surface area contributed by atoms with Gasteiger partial charge in [0.1, 0.15) is 0 Å². The van der Waals surface area contributed by atoms with E-state index < -0.39 is 11.1 Å². The Labute approximate surface area is 73.7 Å². The minimum atomic E-state index is -0.918. The maximum Gasteiger partial charge on any atom is 0.377 e. The summed E-state index contributed by atoms with van der Waals surface area (Å²) in [7, 11) is 0. The Morgan fingerprint density at radius 1 is 1.31 bits per heavy atom. The molecular weight excluding hydrogens is 174 g/mol. The first kappa shape index (κ1) is 8.98. The molecule has 2 N–H and O–H groups in total. The number of carbonyl (C=O) groups excluding carboxylic acids is 1. The molecule has 0 atom stereocenters. The van der Waals surface area contributed by atoms with Crippen molar-refractivity contribution in [3.8, 4) is 0 Å². The lowest BCUT2D eigenvalue weighted by molar-refractivity contribution is -0.527. The number of urea groups is 1. The van der Waals surface area contributed by atoms with E-state index in [1.165, 1.54) is 5.43 Å². The van der Waals surface area contributed by atoms with Gasteiger partial charge in [0.15, 0.2) is 5.03 Å². The smallest absolute Gasteiger partial charge is 0.304 e. The molecular formula is C7H7N3O3. The summed E-state index contributed by atoms with van der Waals surface area (Å²) in [6.45, 7) is 0. The summed E-state index contributed by atoms with van der Waals surface area (Å²) in [6.07, 6.45) is 0. The molecule has 0 fully saturated rings. The van der Waals surface area contributed by atoms with Crippen LogP contribution in [0, 0.1) is 10.1 Å². The van der Waals surface area contributed by atoms with E-state index in [-0.39, 0.29) is 0 Å². The minimum Gasteiger partial charge on any atom is -0.304 e. The van der Waals surface area contributed by atoms with Gasteiger partial charge in [-0.2, -0.15) is 0 Å². The molecule has 2 amide bonds. The summed E-state index contributed by atoms with van der Waals surface area (Å²) in [4.78, 5) is 20.6. The lowest BCUT2D eigenvalue weighted by Gasteiger charge is -2.00. The number of carbonyl (C=O) groups is 1. The highest BCUT2D eigenvalue weighted by Gasteiger charge is 2.05. The fourth-order valence-electron chi connectivity index (χ4n) is 0.763. The maximum absolute atomic E-state index is 10.8. The van der Waals surface area contributed by atoms with Gasteiger partial charge in [0, 0.05) is 5.69 Å². The van der Waals surface area contributed by atoms with Crippen molar-refractivity contribution in [3.63, 3.8) is 0 Å². The Morgan fingerprint density at radius 2 is 1.92 bits per heavy atom. The van der Waals surface area contributed by atoms with Crippen LogP contribution in [-0.4, -0.2) is 11.1 Å². The molecule has 6 heteroatoms. The average molecular weight is 181 g/mol. The molecule has 0 saturated carbocycles. The quantitative estimate of drug-likeness (QED) is 0.527. The predicted octanol–water partition coefficient (Wildman–Crippen LogP) is 1.000. The Hall–Kier alpha value is -2.11. The summed E-state index contributed by atoms with van der Waals surface area (Å²) >= 11 is 0. The lowest BCUT2D eigenvalue weighted by atomic mass is 10.3. The largest absolute Gasteiger partial charge is 0.377 e. The van der Waals surface area contributed by atoms with Crippen molar-refractivity contribution in [2.24, 2.45) is 0 Å². The standard InChI is InChI=1S/C7H7N3O3/c11-7(9-10(12)13)8-6-4-2-1-3-5-6/h1-5H,(H2,8,9,11). The molecule has 0 saturated heterocycles. The molecule has 6 nitrogen and oxygen atoms in total. The number of anilines is 1. The zero-order chi connectivity index (χ0) is 9.68. The molecule has 0 spiro atoms. The van der Waals surface area contributed by atoms with Gasteiger partial charge in [-0.05, 0) is 12.1 Å². The van der Waals surface area contributed by atoms with Crippen molar-refractivity contribution < 1.29 is 9.83 Å². The van der Waals surface area contributed by atoms with Gasteiger partial charge in [-0.15, -0.1) is 0 Å². The van der Waals surface area contributed by atoms with Crippen molar-refractivity contribution in [1.29, 1.82) is 0 Å². The third-order valence-electron chi connectivity index (χ3n) is 1.22. The van der Waals surface area contributed by atoms with Crippen LogP contribution < -0.4 is 10.7 Å². The molecule has 0 heterocycles. The first-order chi connectivity index (χ1) is 6.18. The van der Waals surface area contributed by atoms with Gasteiger partial charge in [-0.3, -0.25) is 0 Å². The first-order valence-corrected chi connectivity index (χ1v) is 3.45. The van der Waals surface area contributed by atoms with Gasteiger partial charge in [0.05, 0.1) is 0 Å². The van der Waals surface area contributed by atoms with E-state index in [4.69, 9.17) is 0 Å². The third-order valence-corrected chi connectivity index (χ3v) is 1.22. The maximum atomic E-state index is 10.8. The molecule has 0 aromatic heterocycles. The van der Waals surface area contributed by atoms with Gasteiger partial charge in [-0.25, -0.2) is 14.9 Å². The van der Waals surface area contributed by atoms with Crippen LogP contribution in [0.15, 0.2) is 30.3 Å². The van der Waals surface area contributed by atoms with Crippen molar-refractivity contribution in [1.82, 2.24) is 5.43 Å². The van der Waals surface area contributed by atoms with Crippen LogP contribution in [0.5, 0.6) is 0 Å². The molecule has 0 aliphatic heterocycles. The van der Waals surface area contributed by atoms with Crippen LogP contribution in [0.2, 0.25) is 0 Å². The van der Waals surface area contributed by atoms with Crippen LogP contribution >= 0.6 is 0 Å². The second kappa shape index (κ2) is 4.05. The second-order valence-corrected chi connectivity index (χ2v) is 2.19. The summed E-state index contributed by atoms with van der Waals surface area (Å²) in [6, 6.07) is 7.58. The molecule has 0 radical (unpaired) electrons. The molecule has 0 bridgehead atoms. The molecule has 0 aliphatic rings. The highest BCUT2D eigenvalue weighted by molar-refractivity contribution is 5.88. The van der Waals surface area contributed by atoms with Crippen LogP contribution in [0.3, 0.4) is 0 Å². The SMILES string of the molecule is O=C(Nc1ccccc1)N[N+](=O)[O-]. The van der Waals surface area contributed by atoms with Crippen molar-refractivity contribution in [2.75, 3.05) is 5.32 Å². The fraction of sp³-hybridized carbons (Fsp3) is 0. The van der Waals surface area contributed by atoms with Crippen LogP contribution in [-0.2, 0) is 0 Å². The summed E-state index contributed by atoms with van der Waals surface area (Å²) in [5.41, 5.74) is 1.97. The lowest BCUT2D eigenvalue weighted by Crippen LogP contribution is -2.33. The highest BCUT2D eigenvalue weighted by atomic mass is 16.7. The number of hydrazine groups is 1. The van der Waals surface area contributed by atoms with Crippen molar-refractivity contribution in [2.45, 2.75) is 0 Å². The Balaban J connectivity index is 2.50. The number of hydrogen-bond acceptors (Lipinski definition) is 3. The van der Waals surface area contributed by atoms with Crippen LogP contribution in [0.25, 0.3) is 0 Å². The molecule has 1 aromatic carbocycles. The van der Waals surface area contributed by atoms with E-state index in [1.807, 2.05) is 0 Å². The van der Waals surface area contributed by atoms with Gasteiger partial charge >= 0.3 is 6.03 Å². The molecule has 0 unspecified atom stereocenters. The van der Waals surface area contributed by atoms with E-state index >= 15 is 0 Å². The van der Waals surface area contributed by atoms with E-state index in [0.29, 0.717) is 5.69 Å². The van der Waals surface area contributed by atoms with Gasteiger partial charge in [0.25, 0.3) is 0 Å². The average Bonchev–Trinajstić information content (AvgIpc) is 2.04. The van der Waals surface area contributed by atoms with E-state index in [9.17, 15) is 14.9 Å². The number of rotatable bonds is 2. The normalized spacial score (nSPS) is 8.92. The van der Waals surface area contributed by atoms with Crippen molar-refractivity contribution in [3.05, 3.63) is 40.4 Å². The molecule has 0 aliphatic carbocycles. The van der Waals surface area contributed by atoms with Gasteiger partial charge in [0.2, 0.25) is 0 Å². The number of nitro groups is 1. The number of amides is 2. The number of para-hydroxylation sites is 1. The summed E-state index contributed by atoms with van der Waals surface area (Å²) < 4.78 is 0.